The lowest BCUT2D eigenvalue weighted by Crippen LogP contribution is -2.51. The van der Waals surface area contributed by atoms with E-state index in [-0.39, 0.29) is 17.8 Å². The molecule has 0 aromatic carbocycles. The Morgan fingerprint density at radius 1 is 1.10 bits per heavy atom. The maximum Gasteiger partial charge on any atom is 0.410 e. The number of amides is 1. The first kappa shape index (κ1) is 27.9. The van der Waals surface area contributed by atoms with Crippen LogP contribution in [0, 0.1) is 0 Å². The molecule has 0 spiro atoms. The van der Waals surface area contributed by atoms with Crippen LogP contribution in [0.1, 0.15) is 25.3 Å². The lowest BCUT2D eigenvalue weighted by Gasteiger charge is -2.43. The highest BCUT2D eigenvalue weighted by atomic mass is 16.6. The molecule has 0 aliphatic carbocycles. The van der Waals surface area contributed by atoms with Crippen molar-refractivity contribution >= 4 is 17.3 Å². The van der Waals surface area contributed by atoms with E-state index in [1.165, 1.54) is 0 Å². The molecule has 3 aromatic rings. The molecule has 0 N–H and O–H groups in total. The van der Waals surface area contributed by atoms with Crippen LogP contribution in [0.4, 0.5) is 10.5 Å². The van der Waals surface area contributed by atoms with Gasteiger partial charge in [0.05, 0.1) is 42.3 Å². The first-order chi connectivity index (χ1) is 20.0. The molecule has 3 aliphatic rings. The maximum atomic E-state index is 12.4. The summed E-state index contributed by atoms with van der Waals surface area (Å²) in [7, 11) is 3.56. The van der Waals surface area contributed by atoms with Crippen molar-refractivity contribution in [2.24, 2.45) is 0 Å². The summed E-state index contributed by atoms with van der Waals surface area (Å²) in [6.07, 6.45) is 7.30. The Labute approximate surface area is 240 Å². The Morgan fingerprint density at radius 2 is 1.88 bits per heavy atom. The monoisotopic (exact) mass is 564 g/mol. The molecular formula is C30H40N6O5. The average Bonchev–Trinajstić information content (AvgIpc) is 3.44. The van der Waals surface area contributed by atoms with Crippen LogP contribution < -0.4 is 4.90 Å². The summed E-state index contributed by atoms with van der Waals surface area (Å²) < 4.78 is 24.0. The minimum atomic E-state index is -0.324. The summed E-state index contributed by atoms with van der Waals surface area (Å²) in [5, 5.41) is 4.56. The first-order valence-electron chi connectivity index (χ1n) is 14.5. The van der Waals surface area contributed by atoms with E-state index in [4.69, 9.17) is 23.9 Å². The van der Waals surface area contributed by atoms with Crippen molar-refractivity contribution in [3.8, 4) is 11.3 Å². The zero-order valence-electron chi connectivity index (χ0n) is 24.2. The molecule has 3 aromatic heterocycles. The maximum absolute atomic E-state index is 12.4. The minimum Gasteiger partial charge on any atom is -0.441 e. The van der Waals surface area contributed by atoms with Gasteiger partial charge in [-0.25, -0.2) is 9.31 Å². The predicted molar refractivity (Wildman–Crippen MR) is 154 cm³/mol. The highest BCUT2D eigenvalue weighted by molar-refractivity contribution is 5.79. The number of methoxy groups -OCH3 is 2. The molecule has 0 saturated carbocycles. The molecule has 6 rings (SSSR count). The molecule has 3 aliphatic heterocycles. The van der Waals surface area contributed by atoms with Gasteiger partial charge in [0.15, 0.2) is 6.10 Å². The summed E-state index contributed by atoms with van der Waals surface area (Å²) in [6.45, 7) is 8.54. The Morgan fingerprint density at radius 3 is 2.51 bits per heavy atom. The number of piperidine rings is 1. The number of rotatable bonds is 8. The SMILES string of the molecule is COC[C@@H](C)N1CCC(OC)(c2ccc(-c3cc4c(N5CCN(C(=O)OC6COC6)CC5)ccnn4c3)nc2)CC1. The van der Waals surface area contributed by atoms with Crippen molar-refractivity contribution in [1.29, 1.82) is 0 Å². The number of carbonyl (C=O) groups is 1. The van der Waals surface area contributed by atoms with Crippen molar-refractivity contribution in [3.05, 3.63) is 48.4 Å². The van der Waals surface area contributed by atoms with Crippen LogP contribution in [-0.2, 0) is 24.5 Å². The summed E-state index contributed by atoms with van der Waals surface area (Å²) in [6, 6.07) is 8.82. The largest absolute Gasteiger partial charge is 0.441 e. The molecule has 1 amide bonds. The third kappa shape index (κ3) is 5.63. The number of likely N-dealkylation sites (tertiary alicyclic amines) is 1. The van der Waals surface area contributed by atoms with Crippen LogP contribution in [-0.4, -0.2) is 116 Å². The van der Waals surface area contributed by atoms with E-state index in [1.807, 2.05) is 36.3 Å². The van der Waals surface area contributed by atoms with Crippen LogP contribution in [0.25, 0.3) is 16.8 Å². The zero-order chi connectivity index (χ0) is 28.4. The normalized spacial score (nSPS) is 20.7. The van der Waals surface area contributed by atoms with Crippen molar-refractivity contribution in [3.63, 3.8) is 0 Å². The van der Waals surface area contributed by atoms with Gasteiger partial charge < -0.3 is 28.7 Å². The summed E-state index contributed by atoms with van der Waals surface area (Å²) >= 11 is 0. The topological polar surface area (TPSA) is 93.9 Å². The molecule has 1 atom stereocenters. The average molecular weight is 565 g/mol. The van der Waals surface area contributed by atoms with Gasteiger partial charge in [-0.1, -0.05) is 6.07 Å². The summed E-state index contributed by atoms with van der Waals surface area (Å²) in [5.41, 5.74) is 4.81. The highest BCUT2D eigenvalue weighted by Crippen LogP contribution is 2.37. The van der Waals surface area contributed by atoms with E-state index in [1.54, 1.807) is 12.0 Å². The fourth-order valence-corrected chi connectivity index (χ4v) is 6.15. The van der Waals surface area contributed by atoms with E-state index in [2.05, 4.69) is 40.0 Å². The number of ether oxygens (including phenoxy) is 4. The van der Waals surface area contributed by atoms with E-state index in [9.17, 15) is 4.79 Å². The second kappa shape index (κ2) is 11.9. The molecule has 0 radical (unpaired) electrons. The highest BCUT2D eigenvalue weighted by Gasteiger charge is 2.37. The van der Waals surface area contributed by atoms with Gasteiger partial charge in [-0.15, -0.1) is 0 Å². The zero-order valence-corrected chi connectivity index (χ0v) is 24.2. The number of carbonyl (C=O) groups excluding carboxylic acids is 1. The van der Waals surface area contributed by atoms with Crippen LogP contribution >= 0.6 is 0 Å². The second-order valence-corrected chi connectivity index (χ2v) is 11.3. The lowest BCUT2D eigenvalue weighted by atomic mass is 9.84. The standard InChI is InChI=1S/C30H40N6O5/c1-22(19-38-2)33-10-7-30(39-3,8-11-33)24-4-5-26(31-17-24)23-16-28-27(6-9-32-36(28)18-23)34-12-14-35(15-13-34)29(37)41-25-20-40-21-25/h4-6,9,16-18,22,25H,7-8,10-15,19-21H2,1-3H3/t22-/m1/s1. The van der Waals surface area contributed by atoms with Crippen LogP contribution in [0.15, 0.2) is 42.9 Å². The number of aromatic nitrogens is 3. The van der Waals surface area contributed by atoms with Gasteiger partial charge >= 0.3 is 6.09 Å². The molecule has 3 fully saturated rings. The van der Waals surface area contributed by atoms with Gasteiger partial charge in [0.1, 0.15) is 0 Å². The Balaban J connectivity index is 1.14. The molecule has 220 valence electrons. The van der Waals surface area contributed by atoms with Crippen molar-refractivity contribution in [2.75, 3.05) is 78.2 Å². The molecule has 11 heteroatoms. The van der Waals surface area contributed by atoms with E-state index in [0.717, 1.165) is 73.7 Å². The fourth-order valence-electron chi connectivity index (χ4n) is 6.15. The van der Waals surface area contributed by atoms with Gasteiger partial charge in [-0.3, -0.25) is 9.88 Å². The number of hydrogen-bond acceptors (Lipinski definition) is 9. The molecule has 0 bridgehead atoms. The van der Waals surface area contributed by atoms with Crippen molar-refractivity contribution in [1.82, 2.24) is 24.4 Å². The molecule has 6 heterocycles. The third-order valence-electron chi connectivity index (χ3n) is 8.85. The molecule has 41 heavy (non-hydrogen) atoms. The fraction of sp³-hybridized carbons (Fsp3) is 0.567. The van der Waals surface area contributed by atoms with Crippen molar-refractivity contribution in [2.45, 2.75) is 37.5 Å². The quantitative estimate of drug-likeness (QED) is 0.409. The molecule has 11 nitrogen and oxygen atoms in total. The second-order valence-electron chi connectivity index (χ2n) is 11.3. The predicted octanol–water partition coefficient (Wildman–Crippen LogP) is 3.03. The summed E-state index contributed by atoms with van der Waals surface area (Å²) in [5.74, 6) is 0. The van der Waals surface area contributed by atoms with Gasteiger partial charge in [0.25, 0.3) is 0 Å². The van der Waals surface area contributed by atoms with E-state index < -0.39 is 0 Å². The number of hydrogen-bond donors (Lipinski definition) is 0. The van der Waals surface area contributed by atoms with Crippen LogP contribution in [0.2, 0.25) is 0 Å². The van der Waals surface area contributed by atoms with E-state index in [0.29, 0.717) is 32.3 Å². The molecule has 3 saturated heterocycles. The van der Waals surface area contributed by atoms with E-state index >= 15 is 0 Å². The van der Waals surface area contributed by atoms with Gasteiger partial charge in [-0.05, 0) is 38.0 Å². The number of pyridine rings is 1. The summed E-state index contributed by atoms with van der Waals surface area (Å²) in [4.78, 5) is 23.9. The number of piperazine rings is 1. The third-order valence-corrected chi connectivity index (χ3v) is 8.85. The number of fused-ring (bicyclic) bond motifs is 1. The smallest absolute Gasteiger partial charge is 0.410 e. The minimum absolute atomic E-state index is 0.106. The number of nitrogens with zero attached hydrogens (tertiary/aromatic N) is 6. The number of anilines is 1. The first-order valence-corrected chi connectivity index (χ1v) is 14.5. The van der Waals surface area contributed by atoms with Gasteiger partial charge in [0.2, 0.25) is 0 Å². The molecular weight excluding hydrogens is 524 g/mol. The Hall–Kier alpha value is -3.25. The van der Waals surface area contributed by atoms with Crippen molar-refractivity contribution < 1.29 is 23.7 Å². The van der Waals surface area contributed by atoms with Crippen LogP contribution in [0.5, 0.6) is 0 Å². The lowest BCUT2D eigenvalue weighted by molar-refractivity contribution is -0.104. The Bertz CT molecular complexity index is 1330. The van der Waals surface area contributed by atoms with Crippen LogP contribution in [0.3, 0.4) is 0 Å². The Kier molecular flexibility index (Phi) is 8.12. The van der Waals surface area contributed by atoms with Gasteiger partial charge in [0, 0.05) is 89.2 Å². The molecule has 0 unspecified atom stereocenters. The van der Waals surface area contributed by atoms with Gasteiger partial charge in [-0.2, -0.15) is 5.10 Å².